The van der Waals surface area contributed by atoms with E-state index >= 15 is 0 Å². The van der Waals surface area contributed by atoms with Gasteiger partial charge in [0.1, 0.15) is 24.4 Å². The highest BCUT2D eigenvalue weighted by molar-refractivity contribution is 4.92. The molecule has 0 aromatic carbocycles. The lowest BCUT2D eigenvalue weighted by Gasteiger charge is -2.41. The van der Waals surface area contributed by atoms with Crippen molar-refractivity contribution < 1.29 is 26.6 Å². The Morgan fingerprint density at radius 2 is 1.71 bits per heavy atom. The van der Waals surface area contributed by atoms with E-state index < -0.39 is 30.5 Å². The van der Waals surface area contributed by atoms with Crippen LogP contribution in [0.1, 0.15) is 15.3 Å². The number of hydrogen-bond donors (Lipinski definition) is 4. The molecule has 14 heavy (non-hydrogen) atoms. The molecule has 0 aliphatic carbocycles. The summed E-state index contributed by atoms with van der Waals surface area (Å²) in [4.78, 5) is 0. The Hall–Kier alpha value is -0.200. The lowest BCUT2D eigenvalue weighted by Crippen LogP contribution is -2.59. The third kappa shape index (κ3) is 2.07. The Labute approximate surface area is 84.4 Å². The molecule has 5 nitrogen and oxygen atoms in total. The first-order valence-corrected chi connectivity index (χ1v) is 4.79. The molecule has 0 spiro atoms. The van der Waals surface area contributed by atoms with Gasteiger partial charge in [0, 0.05) is 1.43 Å². The summed E-state index contributed by atoms with van der Waals surface area (Å²) in [6.07, 6.45) is -4.96. The smallest absolute Gasteiger partial charge is 0.111 e. The average Bonchev–Trinajstić information content (AvgIpc) is 2.14. The van der Waals surface area contributed by atoms with Crippen LogP contribution in [0.4, 0.5) is 0 Å². The van der Waals surface area contributed by atoms with Crippen LogP contribution >= 0.6 is 0 Å². The van der Waals surface area contributed by atoms with Crippen molar-refractivity contribution in [2.24, 2.45) is 5.92 Å². The van der Waals surface area contributed by atoms with Crippen molar-refractivity contribution in [3.05, 3.63) is 0 Å². The molecule has 86 valence electrons. The van der Waals surface area contributed by atoms with E-state index in [1.807, 2.05) is 13.8 Å². The number of hydrogen-bond acceptors (Lipinski definition) is 5. The standard InChI is InChI=1S/C9H18O5.H2/c1-4(2)9-8(13)7(12)6(11)5(3-10)14-9;/h4-13H,3H2,1-2H3;1H/i;1+1. The normalized spacial score (nSPS) is 44.4. The number of aliphatic hydroxyl groups is 4. The highest BCUT2D eigenvalue weighted by atomic mass is 16.5. The van der Waals surface area contributed by atoms with E-state index in [0.717, 1.165) is 0 Å². The molecule has 1 heterocycles. The maximum atomic E-state index is 9.57. The summed E-state index contributed by atoms with van der Waals surface area (Å²) < 4.78 is 5.28. The predicted molar refractivity (Wildman–Crippen MR) is 50.7 cm³/mol. The van der Waals surface area contributed by atoms with Crippen LogP contribution in [0.2, 0.25) is 0 Å². The zero-order valence-corrected chi connectivity index (χ0v) is 8.37. The van der Waals surface area contributed by atoms with Crippen LogP contribution in [0.5, 0.6) is 0 Å². The molecule has 5 unspecified atom stereocenters. The van der Waals surface area contributed by atoms with Gasteiger partial charge in [-0.2, -0.15) is 0 Å². The van der Waals surface area contributed by atoms with E-state index in [-0.39, 0.29) is 14.0 Å². The van der Waals surface area contributed by atoms with E-state index in [0.29, 0.717) is 0 Å². The first-order valence-electron chi connectivity index (χ1n) is 4.79. The zero-order chi connectivity index (χ0) is 10.9. The van der Waals surface area contributed by atoms with Gasteiger partial charge in [0.15, 0.2) is 0 Å². The summed E-state index contributed by atoms with van der Waals surface area (Å²) in [5.74, 6) is 0.0150. The van der Waals surface area contributed by atoms with Gasteiger partial charge in [-0.05, 0) is 5.92 Å². The first-order chi connectivity index (χ1) is 6.49. The van der Waals surface area contributed by atoms with Crippen molar-refractivity contribution in [3.8, 4) is 0 Å². The molecule has 1 fully saturated rings. The summed E-state index contributed by atoms with van der Waals surface area (Å²) in [7, 11) is 0. The second-order valence-corrected chi connectivity index (χ2v) is 4.04. The summed E-state index contributed by atoms with van der Waals surface area (Å²) in [5.41, 5.74) is 0. The molecule has 0 bridgehead atoms. The highest BCUT2D eigenvalue weighted by Crippen LogP contribution is 2.25. The van der Waals surface area contributed by atoms with Crippen molar-refractivity contribution in [3.63, 3.8) is 0 Å². The Bertz CT molecular complexity index is 187. The molecule has 1 rings (SSSR count). The second kappa shape index (κ2) is 4.55. The molecule has 1 saturated heterocycles. The molecular weight excluding hydrogens is 188 g/mol. The van der Waals surface area contributed by atoms with E-state index in [9.17, 15) is 15.3 Å². The van der Waals surface area contributed by atoms with E-state index in [2.05, 4.69) is 0 Å². The average molecular weight is 209 g/mol. The van der Waals surface area contributed by atoms with Crippen LogP contribution in [0, 0.1) is 5.92 Å². The molecule has 1 aliphatic heterocycles. The number of rotatable bonds is 2. The van der Waals surface area contributed by atoms with Gasteiger partial charge in [0.2, 0.25) is 0 Å². The van der Waals surface area contributed by atoms with Gasteiger partial charge >= 0.3 is 0 Å². The fourth-order valence-electron chi connectivity index (χ4n) is 1.68. The topological polar surface area (TPSA) is 90.2 Å². The summed E-state index contributed by atoms with van der Waals surface area (Å²) in [6.45, 7) is 3.31. The van der Waals surface area contributed by atoms with Gasteiger partial charge in [0.05, 0.1) is 12.7 Å². The van der Waals surface area contributed by atoms with Gasteiger partial charge < -0.3 is 25.2 Å². The van der Waals surface area contributed by atoms with Crippen LogP contribution in [-0.4, -0.2) is 57.6 Å². The Morgan fingerprint density at radius 3 is 2.14 bits per heavy atom. The third-order valence-corrected chi connectivity index (χ3v) is 2.59. The van der Waals surface area contributed by atoms with Crippen molar-refractivity contribution in [1.29, 1.82) is 0 Å². The molecule has 5 heteroatoms. The maximum absolute atomic E-state index is 9.57. The molecule has 0 aromatic rings. The monoisotopic (exact) mass is 209 g/mol. The molecule has 1 aliphatic rings. The van der Waals surface area contributed by atoms with Crippen molar-refractivity contribution in [2.45, 2.75) is 44.4 Å². The van der Waals surface area contributed by atoms with Gasteiger partial charge in [-0.15, -0.1) is 0 Å². The van der Waals surface area contributed by atoms with Crippen molar-refractivity contribution >= 4 is 0 Å². The SMILES string of the molecule is CC(C)C1OC(CO)C(O)C(O)C1O.[2HH]. The zero-order valence-electron chi connectivity index (χ0n) is 8.37. The van der Waals surface area contributed by atoms with Gasteiger partial charge in [-0.25, -0.2) is 0 Å². The molecular formula is C9H20O5. The van der Waals surface area contributed by atoms with E-state index in [1.54, 1.807) is 0 Å². The molecule has 0 aromatic heterocycles. The van der Waals surface area contributed by atoms with Crippen molar-refractivity contribution in [1.82, 2.24) is 0 Å². The Kier molecular flexibility index (Phi) is 3.86. The van der Waals surface area contributed by atoms with Crippen molar-refractivity contribution in [2.75, 3.05) is 6.61 Å². The van der Waals surface area contributed by atoms with Gasteiger partial charge in [-0.1, -0.05) is 13.8 Å². The maximum Gasteiger partial charge on any atom is 0.111 e. The predicted octanol–water partition coefficient (Wildman–Crippen LogP) is -1.27. The lowest BCUT2D eigenvalue weighted by molar-refractivity contribution is -0.238. The third-order valence-electron chi connectivity index (χ3n) is 2.59. The van der Waals surface area contributed by atoms with Crippen LogP contribution < -0.4 is 0 Å². The van der Waals surface area contributed by atoms with Gasteiger partial charge in [-0.3, -0.25) is 0 Å². The second-order valence-electron chi connectivity index (χ2n) is 4.04. The Morgan fingerprint density at radius 1 is 1.14 bits per heavy atom. The van der Waals surface area contributed by atoms with E-state index in [4.69, 9.17) is 9.84 Å². The largest absolute Gasteiger partial charge is 0.394 e. The van der Waals surface area contributed by atoms with Crippen LogP contribution in [0.25, 0.3) is 0 Å². The minimum atomic E-state index is -1.26. The lowest BCUT2D eigenvalue weighted by atomic mass is 9.90. The highest BCUT2D eigenvalue weighted by Gasteiger charge is 2.44. The number of ether oxygens (including phenoxy) is 1. The number of aliphatic hydroxyl groups excluding tert-OH is 4. The van der Waals surface area contributed by atoms with Crippen LogP contribution in [0.3, 0.4) is 0 Å². The summed E-state index contributed by atoms with van der Waals surface area (Å²) in [6, 6.07) is 0. The van der Waals surface area contributed by atoms with Crippen LogP contribution in [-0.2, 0) is 4.74 Å². The minimum Gasteiger partial charge on any atom is -0.394 e. The molecule has 0 amide bonds. The summed E-state index contributed by atoms with van der Waals surface area (Å²) in [5, 5.41) is 37.4. The fourth-order valence-corrected chi connectivity index (χ4v) is 1.68. The van der Waals surface area contributed by atoms with Crippen LogP contribution in [0.15, 0.2) is 0 Å². The quantitative estimate of drug-likeness (QED) is 0.455. The Balaban J connectivity index is 0.00000196. The van der Waals surface area contributed by atoms with E-state index in [1.165, 1.54) is 0 Å². The summed E-state index contributed by atoms with van der Waals surface area (Å²) >= 11 is 0. The molecule has 4 N–H and O–H groups in total. The van der Waals surface area contributed by atoms with Gasteiger partial charge in [0.25, 0.3) is 0 Å². The molecule has 0 saturated carbocycles. The molecule has 0 radical (unpaired) electrons. The fraction of sp³-hybridized carbons (Fsp3) is 1.00. The minimum absolute atomic E-state index is 0. The first kappa shape index (κ1) is 11.9. The molecule has 5 atom stereocenters.